The summed E-state index contributed by atoms with van der Waals surface area (Å²) in [7, 11) is -3.61. The molecule has 4 nitrogen and oxygen atoms in total. The molecule has 5 heteroatoms. The molecule has 0 radical (unpaired) electrons. The molecule has 0 aliphatic carbocycles. The van der Waals surface area contributed by atoms with Gasteiger partial charge < -0.3 is 4.74 Å². The third-order valence-corrected chi connectivity index (χ3v) is 7.22. The lowest BCUT2D eigenvalue weighted by Gasteiger charge is -2.10. The van der Waals surface area contributed by atoms with Gasteiger partial charge in [0, 0.05) is 11.5 Å². The van der Waals surface area contributed by atoms with Crippen LogP contribution in [0, 0.1) is 0 Å². The van der Waals surface area contributed by atoms with Crippen molar-refractivity contribution in [1.29, 1.82) is 0 Å². The molecule has 1 heterocycles. The second kappa shape index (κ2) is 8.96. The lowest BCUT2D eigenvalue weighted by atomic mass is 10.1. The lowest BCUT2D eigenvalue weighted by molar-refractivity contribution is 0.488. The van der Waals surface area contributed by atoms with Crippen molar-refractivity contribution in [2.75, 3.05) is 5.75 Å². The molecule has 0 bridgehead atoms. The molecule has 0 saturated carbocycles. The summed E-state index contributed by atoms with van der Waals surface area (Å²) < 4.78 is 34.3. The Bertz CT molecular complexity index is 1490. The molecular formula is C28H23NO3S. The van der Waals surface area contributed by atoms with Gasteiger partial charge in [0.2, 0.25) is 10.0 Å². The van der Waals surface area contributed by atoms with Gasteiger partial charge in [-0.15, -0.1) is 0 Å². The summed E-state index contributed by atoms with van der Waals surface area (Å²) in [5, 5.41) is 2.04. The Balaban J connectivity index is 1.53. The molecule has 0 fully saturated rings. The fourth-order valence-corrected chi connectivity index (χ4v) is 5.34. The zero-order chi connectivity index (χ0) is 22.7. The topological polar surface area (TPSA) is 48.3 Å². The van der Waals surface area contributed by atoms with Gasteiger partial charge in [-0.05, 0) is 29.0 Å². The highest BCUT2D eigenvalue weighted by molar-refractivity contribution is 7.90. The Kier molecular flexibility index (Phi) is 5.71. The Morgan fingerprint density at radius 2 is 1.39 bits per heavy atom. The van der Waals surface area contributed by atoms with Gasteiger partial charge in [-0.3, -0.25) is 0 Å². The van der Waals surface area contributed by atoms with Gasteiger partial charge in [0.25, 0.3) is 0 Å². The Morgan fingerprint density at radius 3 is 2.18 bits per heavy atom. The summed E-state index contributed by atoms with van der Waals surface area (Å²) >= 11 is 0. The van der Waals surface area contributed by atoms with Crippen molar-refractivity contribution in [2.24, 2.45) is 0 Å². The summed E-state index contributed by atoms with van der Waals surface area (Å²) in [6, 6.07) is 34.8. The van der Waals surface area contributed by atoms with E-state index in [0.29, 0.717) is 23.6 Å². The molecule has 4 aromatic carbocycles. The van der Waals surface area contributed by atoms with Crippen molar-refractivity contribution in [2.45, 2.75) is 6.42 Å². The maximum Gasteiger partial charge on any atom is 0.239 e. The summed E-state index contributed by atoms with van der Waals surface area (Å²) in [5.41, 5.74) is 2.38. The zero-order valence-electron chi connectivity index (χ0n) is 18.0. The average Bonchev–Trinajstić information content (AvgIpc) is 3.29. The minimum atomic E-state index is -3.61. The number of rotatable bonds is 7. The molecule has 0 aliphatic rings. The minimum absolute atomic E-state index is 0.000759. The molecule has 164 valence electrons. The number of fused-ring (bicyclic) bond motifs is 1. The van der Waals surface area contributed by atoms with E-state index in [-0.39, 0.29) is 5.75 Å². The monoisotopic (exact) mass is 453 g/mol. The number of aromatic nitrogens is 1. The maximum atomic E-state index is 13.4. The Morgan fingerprint density at radius 1 is 0.727 bits per heavy atom. The highest BCUT2D eigenvalue weighted by Crippen LogP contribution is 2.34. The number of benzene rings is 4. The molecule has 33 heavy (non-hydrogen) atoms. The van der Waals surface area contributed by atoms with E-state index < -0.39 is 10.0 Å². The Hall–Kier alpha value is -3.83. The van der Waals surface area contributed by atoms with Gasteiger partial charge in [0.05, 0.1) is 17.6 Å². The number of nitrogens with zero attached hydrogens (tertiary/aromatic N) is 1. The number of hydrogen-bond donors (Lipinski definition) is 0. The third kappa shape index (κ3) is 4.54. The molecule has 0 N–H and O–H groups in total. The highest BCUT2D eigenvalue weighted by atomic mass is 32.2. The number of ether oxygens (including phenoxy) is 1. The molecule has 0 aliphatic heterocycles. The molecule has 5 rings (SSSR count). The van der Waals surface area contributed by atoms with Crippen molar-refractivity contribution < 1.29 is 13.2 Å². The summed E-state index contributed by atoms with van der Waals surface area (Å²) in [6.45, 7) is 0. The van der Waals surface area contributed by atoms with Crippen molar-refractivity contribution in [3.8, 4) is 22.8 Å². The van der Waals surface area contributed by atoms with Crippen LogP contribution in [0.3, 0.4) is 0 Å². The van der Waals surface area contributed by atoms with Gasteiger partial charge in [-0.2, -0.15) is 0 Å². The fourth-order valence-electron chi connectivity index (χ4n) is 3.93. The first-order chi connectivity index (χ1) is 16.1. The van der Waals surface area contributed by atoms with Gasteiger partial charge in [-0.25, -0.2) is 12.4 Å². The quantitative estimate of drug-likeness (QED) is 0.282. The Labute approximate surface area is 193 Å². The summed E-state index contributed by atoms with van der Waals surface area (Å²) in [5.74, 6) is 1.17. The van der Waals surface area contributed by atoms with E-state index in [1.165, 1.54) is 3.97 Å². The van der Waals surface area contributed by atoms with E-state index in [4.69, 9.17) is 4.74 Å². The summed E-state index contributed by atoms with van der Waals surface area (Å²) in [6.07, 6.45) is 2.01. The van der Waals surface area contributed by atoms with Crippen LogP contribution in [0.4, 0.5) is 0 Å². The first-order valence-corrected chi connectivity index (χ1v) is 12.4. The predicted molar refractivity (Wildman–Crippen MR) is 133 cm³/mol. The second-order valence-electron chi connectivity index (χ2n) is 7.85. The first-order valence-electron chi connectivity index (χ1n) is 10.8. The van der Waals surface area contributed by atoms with Gasteiger partial charge >= 0.3 is 0 Å². The molecule has 0 saturated heterocycles. The molecule has 0 amide bonds. The highest BCUT2D eigenvalue weighted by Gasteiger charge is 2.21. The largest absolute Gasteiger partial charge is 0.455 e. The van der Waals surface area contributed by atoms with Crippen LogP contribution < -0.4 is 4.74 Å². The molecule has 0 spiro atoms. The standard InChI is InChI=1S/C28H23NO3S/c30-33(31,19-18-22-10-3-1-4-11-22)29-21-25(20-27(29)24-13-5-2-6-14-24)32-28-17-9-15-23-12-7-8-16-26(23)28/h1-17,20-21H,18-19H2. The van der Waals surface area contributed by atoms with E-state index in [0.717, 1.165) is 21.9 Å². The number of aryl methyl sites for hydroxylation is 1. The van der Waals surface area contributed by atoms with Crippen LogP contribution in [-0.2, 0) is 16.4 Å². The molecule has 0 unspecified atom stereocenters. The van der Waals surface area contributed by atoms with E-state index >= 15 is 0 Å². The van der Waals surface area contributed by atoms with E-state index in [9.17, 15) is 8.42 Å². The number of hydrogen-bond acceptors (Lipinski definition) is 3. The smallest absolute Gasteiger partial charge is 0.239 e. The van der Waals surface area contributed by atoms with Crippen LogP contribution in [0.5, 0.6) is 11.5 Å². The first kappa shape index (κ1) is 21.0. The van der Waals surface area contributed by atoms with Crippen molar-refractivity contribution in [1.82, 2.24) is 3.97 Å². The lowest BCUT2D eigenvalue weighted by Crippen LogP contribution is -2.18. The van der Waals surface area contributed by atoms with Crippen LogP contribution in [-0.4, -0.2) is 18.1 Å². The predicted octanol–water partition coefficient (Wildman–Crippen LogP) is 6.52. The van der Waals surface area contributed by atoms with Crippen LogP contribution >= 0.6 is 0 Å². The van der Waals surface area contributed by atoms with E-state index in [2.05, 4.69) is 0 Å². The molecular weight excluding hydrogens is 430 g/mol. The zero-order valence-corrected chi connectivity index (χ0v) is 18.8. The van der Waals surface area contributed by atoms with Gasteiger partial charge in [0.1, 0.15) is 11.5 Å². The van der Waals surface area contributed by atoms with Gasteiger partial charge in [-0.1, -0.05) is 97.1 Å². The third-order valence-electron chi connectivity index (χ3n) is 5.60. The molecule has 5 aromatic rings. The second-order valence-corrected chi connectivity index (χ2v) is 9.82. The SMILES string of the molecule is O=S(=O)(CCc1ccccc1)n1cc(Oc2cccc3ccccc23)cc1-c1ccccc1. The van der Waals surface area contributed by atoms with Crippen LogP contribution in [0.25, 0.3) is 22.0 Å². The van der Waals surface area contributed by atoms with Crippen molar-refractivity contribution in [3.63, 3.8) is 0 Å². The molecule has 1 aromatic heterocycles. The minimum Gasteiger partial charge on any atom is -0.455 e. The van der Waals surface area contributed by atoms with Crippen LogP contribution in [0.15, 0.2) is 115 Å². The van der Waals surface area contributed by atoms with Crippen molar-refractivity contribution in [3.05, 3.63) is 121 Å². The van der Waals surface area contributed by atoms with E-state index in [1.54, 1.807) is 12.3 Å². The van der Waals surface area contributed by atoms with Crippen molar-refractivity contribution >= 4 is 20.8 Å². The summed E-state index contributed by atoms with van der Waals surface area (Å²) in [4.78, 5) is 0. The van der Waals surface area contributed by atoms with E-state index in [1.807, 2.05) is 103 Å². The molecule has 0 atom stereocenters. The normalized spacial score (nSPS) is 11.5. The maximum absolute atomic E-state index is 13.4. The fraction of sp³-hybridized carbons (Fsp3) is 0.0714. The van der Waals surface area contributed by atoms with Crippen LogP contribution in [0.1, 0.15) is 5.56 Å². The average molecular weight is 454 g/mol. The van der Waals surface area contributed by atoms with Crippen LogP contribution in [0.2, 0.25) is 0 Å². The van der Waals surface area contributed by atoms with Gasteiger partial charge in [0.15, 0.2) is 0 Å².